The molecule has 0 atom stereocenters. The number of rotatable bonds is 0. The summed E-state index contributed by atoms with van der Waals surface area (Å²) in [5.74, 6) is 0. The van der Waals surface area contributed by atoms with Gasteiger partial charge in [0.15, 0.2) is 0 Å². The highest BCUT2D eigenvalue weighted by atomic mass is 35.5. The van der Waals surface area contributed by atoms with Crippen molar-refractivity contribution in [2.45, 2.75) is 26.3 Å². The van der Waals surface area contributed by atoms with Gasteiger partial charge in [0.2, 0.25) is 0 Å². The molecule has 0 radical (unpaired) electrons. The molecule has 0 aromatic carbocycles. The zero-order chi connectivity index (χ0) is 5.21. The number of hydrogen-bond acceptors (Lipinski definition) is 0. The van der Waals surface area contributed by atoms with Crippen molar-refractivity contribution < 1.29 is 12.4 Å². The first kappa shape index (κ1) is 9.91. The summed E-state index contributed by atoms with van der Waals surface area (Å²) >= 11 is 0. The standard InChI is InChI=1S/C5H10N.ClH/c1-5(2,3)6-4;/h4H,1-3H3;1H/q+1;/p-1. The molecule has 42 valence electrons. The van der Waals surface area contributed by atoms with E-state index < -0.39 is 0 Å². The molecule has 2 heteroatoms. The monoisotopic (exact) mass is 119 g/mol. The number of hydrogen-bond donors (Lipinski definition) is 0. The lowest BCUT2D eigenvalue weighted by Crippen LogP contribution is -3.00. The second-order valence-electron chi connectivity index (χ2n) is 2.30. The summed E-state index contributed by atoms with van der Waals surface area (Å²) in [5.41, 5.74) is -0.0556. The van der Waals surface area contributed by atoms with Crippen LogP contribution in [0.15, 0.2) is 0 Å². The molecule has 0 amide bonds. The Labute approximate surface area is 51.0 Å². The summed E-state index contributed by atoms with van der Waals surface area (Å²) in [7, 11) is 0. The largest absolute Gasteiger partial charge is 1.00 e. The summed E-state index contributed by atoms with van der Waals surface area (Å²) in [6.45, 7) is 10.8. The van der Waals surface area contributed by atoms with Gasteiger partial charge in [-0.25, -0.2) is 0 Å². The van der Waals surface area contributed by atoms with Crippen molar-refractivity contribution in [1.82, 2.24) is 0 Å². The molecule has 0 rings (SSSR count). The highest BCUT2D eigenvalue weighted by Crippen LogP contribution is 2.03. The van der Waals surface area contributed by atoms with Gasteiger partial charge in [0.1, 0.15) is 0 Å². The Hall–Kier alpha value is -0.220. The van der Waals surface area contributed by atoms with Crippen LogP contribution in [0.3, 0.4) is 0 Å². The first-order valence-electron chi connectivity index (χ1n) is 1.98. The van der Waals surface area contributed by atoms with Crippen molar-refractivity contribution in [3.63, 3.8) is 0 Å². The van der Waals surface area contributed by atoms with Gasteiger partial charge in [0.05, 0.1) is 0 Å². The maximum atomic E-state index is 4.93. The Morgan fingerprint density at radius 1 is 1.29 bits per heavy atom. The van der Waals surface area contributed by atoms with Crippen LogP contribution in [0, 0.1) is 6.57 Å². The van der Waals surface area contributed by atoms with Crippen LogP contribution in [0.25, 0.3) is 4.85 Å². The molecule has 7 heavy (non-hydrogen) atoms. The number of halogens is 1. The topological polar surface area (TPSA) is 4.36 Å². The third-order valence-electron chi connectivity index (χ3n) is 0.387. The molecule has 0 fully saturated rings. The first-order valence-corrected chi connectivity index (χ1v) is 1.98. The summed E-state index contributed by atoms with van der Waals surface area (Å²) in [6.07, 6.45) is 0. The quantitative estimate of drug-likeness (QED) is 0.376. The number of nitrogens with zero attached hydrogens (tertiary/aromatic N) is 1. The van der Waals surface area contributed by atoms with E-state index >= 15 is 0 Å². The van der Waals surface area contributed by atoms with Gasteiger partial charge in [-0.05, 0) is 0 Å². The smallest absolute Gasteiger partial charge is 0.272 e. The first-order chi connectivity index (χ1) is 2.56. The molecule has 0 saturated carbocycles. The minimum Gasteiger partial charge on any atom is -1.00 e. The second kappa shape index (κ2) is 2.87. The highest BCUT2D eigenvalue weighted by Gasteiger charge is 2.16. The van der Waals surface area contributed by atoms with Gasteiger partial charge < -0.3 is 12.4 Å². The average Bonchev–Trinajstić information content (AvgIpc) is 1.35. The van der Waals surface area contributed by atoms with Crippen LogP contribution >= 0.6 is 0 Å². The van der Waals surface area contributed by atoms with Gasteiger partial charge in [-0.15, -0.1) is 0 Å². The van der Waals surface area contributed by atoms with Gasteiger partial charge in [0.25, 0.3) is 12.1 Å². The predicted octanol–water partition coefficient (Wildman–Crippen LogP) is -1.25. The van der Waals surface area contributed by atoms with E-state index in [4.69, 9.17) is 6.57 Å². The van der Waals surface area contributed by atoms with Crippen molar-refractivity contribution in [2.24, 2.45) is 0 Å². The Kier molecular flexibility index (Phi) is 4.07. The lowest BCUT2D eigenvalue weighted by atomic mass is 10.1. The summed E-state index contributed by atoms with van der Waals surface area (Å²) in [5, 5.41) is 0. The van der Waals surface area contributed by atoms with Crippen LogP contribution < -0.4 is 12.4 Å². The maximum Gasteiger partial charge on any atom is 0.272 e. The van der Waals surface area contributed by atoms with E-state index in [9.17, 15) is 0 Å². The minimum atomic E-state index is -0.0556. The summed E-state index contributed by atoms with van der Waals surface area (Å²) < 4.78 is 0. The van der Waals surface area contributed by atoms with E-state index in [1.165, 1.54) is 0 Å². The Balaban J connectivity index is 0. The molecule has 0 heterocycles. The summed E-state index contributed by atoms with van der Waals surface area (Å²) in [4.78, 5) is 3.52. The van der Waals surface area contributed by atoms with Crippen LogP contribution in [-0.2, 0) is 0 Å². The molecule has 1 nitrogen and oxygen atoms in total. The van der Waals surface area contributed by atoms with Crippen LogP contribution in [0.2, 0.25) is 0 Å². The van der Waals surface area contributed by atoms with Crippen LogP contribution in [-0.4, -0.2) is 5.54 Å². The minimum absolute atomic E-state index is 0. The Morgan fingerprint density at radius 2 is 1.43 bits per heavy atom. The lowest BCUT2D eigenvalue weighted by molar-refractivity contribution is -0.00000185. The Morgan fingerprint density at radius 3 is 1.43 bits per heavy atom. The van der Waals surface area contributed by atoms with Gasteiger partial charge in [-0.3, -0.25) is 0 Å². The lowest BCUT2D eigenvalue weighted by Gasteiger charge is -1.90. The molecule has 0 N–H and O–H groups in total. The molecule has 0 aromatic heterocycles. The molecule has 0 aliphatic heterocycles. The molecule has 0 aliphatic carbocycles. The molecule has 0 bridgehead atoms. The fourth-order valence-corrected chi connectivity index (χ4v) is 0. The molecule has 0 aromatic rings. The zero-order valence-corrected chi connectivity index (χ0v) is 5.66. The molecule has 0 spiro atoms. The summed E-state index contributed by atoms with van der Waals surface area (Å²) in [6, 6.07) is 0. The normalized spacial score (nSPS) is 8.86. The van der Waals surface area contributed by atoms with Crippen molar-refractivity contribution in [3.8, 4) is 6.57 Å². The zero-order valence-electron chi connectivity index (χ0n) is 4.90. The van der Waals surface area contributed by atoms with Gasteiger partial charge in [0, 0.05) is 20.8 Å². The third kappa shape index (κ3) is 10.7. The molecular formula is C5H10ClN. The molecular weight excluding hydrogens is 110 g/mol. The fraction of sp³-hybridized carbons (Fsp3) is 0.800. The van der Waals surface area contributed by atoms with Crippen LogP contribution in [0.1, 0.15) is 20.8 Å². The van der Waals surface area contributed by atoms with Crippen LogP contribution in [0.4, 0.5) is 0 Å². The van der Waals surface area contributed by atoms with Crippen molar-refractivity contribution in [3.05, 3.63) is 4.85 Å². The van der Waals surface area contributed by atoms with Crippen LogP contribution in [0.5, 0.6) is 0 Å². The van der Waals surface area contributed by atoms with Gasteiger partial charge in [-0.2, -0.15) is 0 Å². The highest BCUT2D eigenvalue weighted by molar-refractivity contribution is 4.87. The third-order valence-corrected chi connectivity index (χ3v) is 0.387. The second-order valence-corrected chi connectivity index (χ2v) is 2.30. The van der Waals surface area contributed by atoms with Gasteiger partial charge >= 0.3 is 0 Å². The van der Waals surface area contributed by atoms with Crippen molar-refractivity contribution in [2.75, 3.05) is 0 Å². The maximum absolute atomic E-state index is 4.93. The average molecular weight is 120 g/mol. The van der Waals surface area contributed by atoms with E-state index in [0.29, 0.717) is 0 Å². The predicted molar refractivity (Wildman–Crippen MR) is 28.1 cm³/mol. The molecule has 0 unspecified atom stereocenters. The van der Waals surface area contributed by atoms with E-state index in [1.807, 2.05) is 20.8 Å². The van der Waals surface area contributed by atoms with E-state index in [0.717, 1.165) is 0 Å². The molecule has 0 saturated heterocycles. The Bertz CT molecular complexity index is 75.1. The van der Waals surface area contributed by atoms with Gasteiger partial charge in [-0.1, -0.05) is 4.85 Å². The van der Waals surface area contributed by atoms with E-state index in [1.54, 1.807) is 0 Å². The SMILES string of the molecule is C#[N+]C(C)(C)C.[Cl-]. The van der Waals surface area contributed by atoms with Crippen molar-refractivity contribution >= 4 is 0 Å². The molecule has 0 aliphatic rings. The fourth-order valence-electron chi connectivity index (χ4n) is 0. The van der Waals surface area contributed by atoms with Crippen molar-refractivity contribution in [1.29, 1.82) is 0 Å². The van der Waals surface area contributed by atoms with E-state index in [-0.39, 0.29) is 17.9 Å². The van der Waals surface area contributed by atoms with E-state index in [2.05, 4.69) is 4.85 Å².